The van der Waals surface area contributed by atoms with Crippen molar-refractivity contribution in [1.29, 1.82) is 0 Å². The molecule has 2 amide bonds. The van der Waals surface area contributed by atoms with E-state index in [0.29, 0.717) is 12.1 Å². The minimum Gasteiger partial charge on any atom is -0.335 e. The van der Waals surface area contributed by atoms with Gasteiger partial charge < -0.3 is 10.6 Å². The molecule has 2 heterocycles. The third-order valence-corrected chi connectivity index (χ3v) is 3.46. The van der Waals surface area contributed by atoms with Gasteiger partial charge in [-0.25, -0.2) is 9.48 Å². The minimum atomic E-state index is -0.247. The van der Waals surface area contributed by atoms with Gasteiger partial charge in [0.1, 0.15) is 0 Å². The Morgan fingerprint density at radius 2 is 2.12 bits per heavy atom. The summed E-state index contributed by atoms with van der Waals surface area (Å²) in [5.41, 5.74) is 3.52. The second kappa shape index (κ2) is 6.95. The number of aryl methyl sites for hydroxylation is 1. The van der Waals surface area contributed by atoms with Crippen molar-refractivity contribution < 1.29 is 4.79 Å². The molecule has 124 valence electrons. The number of benzene rings is 1. The highest BCUT2D eigenvalue weighted by molar-refractivity contribution is 5.89. The Bertz CT molecular complexity index is 792. The van der Waals surface area contributed by atoms with Crippen LogP contribution in [0.25, 0.3) is 5.69 Å². The van der Waals surface area contributed by atoms with Gasteiger partial charge in [-0.3, -0.25) is 5.10 Å². The Hall–Kier alpha value is -3.16. The van der Waals surface area contributed by atoms with Gasteiger partial charge in [0, 0.05) is 23.8 Å². The SMILES string of the molecule is Cc1cc(C[C@H](C)NC(=O)Nc2ccc(-n3ccnn3)cc2)n[nH]1. The maximum absolute atomic E-state index is 12.1. The highest BCUT2D eigenvalue weighted by Gasteiger charge is 2.10. The van der Waals surface area contributed by atoms with Crippen molar-refractivity contribution in [2.75, 3.05) is 5.32 Å². The molecule has 0 bridgehead atoms. The first-order valence-corrected chi connectivity index (χ1v) is 7.65. The highest BCUT2D eigenvalue weighted by Crippen LogP contribution is 2.12. The monoisotopic (exact) mass is 325 g/mol. The van der Waals surface area contributed by atoms with Crippen LogP contribution in [0.4, 0.5) is 10.5 Å². The number of carbonyl (C=O) groups is 1. The van der Waals surface area contributed by atoms with Gasteiger partial charge in [-0.2, -0.15) is 5.10 Å². The van der Waals surface area contributed by atoms with Crippen LogP contribution in [0.15, 0.2) is 42.7 Å². The van der Waals surface area contributed by atoms with Crippen molar-refractivity contribution in [3.05, 3.63) is 54.1 Å². The van der Waals surface area contributed by atoms with E-state index in [4.69, 9.17) is 0 Å². The van der Waals surface area contributed by atoms with E-state index in [2.05, 4.69) is 31.1 Å². The summed E-state index contributed by atoms with van der Waals surface area (Å²) in [5, 5.41) is 20.5. The molecule has 0 unspecified atom stereocenters. The normalized spacial score (nSPS) is 11.9. The van der Waals surface area contributed by atoms with Crippen LogP contribution < -0.4 is 10.6 Å². The molecule has 3 rings (SSSR count). The number of carbonyl (C=O) groups excluding carboxylic acids is 1. The Morgan fingerprint density at radius 3 is 2.75 bits per heavy atom. The number of hydrogen-bond acceptors (Lipinski definition) is 4. The summed E-state index contributed by atoms with van der Waals surface area (Å²) >= 11 is 0. The number of aromatic amines is 1. The Morgan fingerprint density at radius 1 is 1.33 bits per heavy atom. The number of nitrogens with one attached hydrogen (secondary N) is 3. The summed E-state index contributed by atoms with van der Waals surface area (Å²) in [7, 11) is 0. The van der Waals surface area contributed by atoms with Gasteiger partial charge in [0.25, 0.3) is 0 Å². The second-order valence-corrected chi connectivity index (χ2v) is 5.64. The quantitative estimate of drug-likeness (QED) is 0.668. The molecule has 1 atom stereocenters. The molecule has 0 aliphatic rings. The minimum absolute atomic E-state index is 0.0258. The highest BCUT2D eigenvalue weighted by atomic mass is 16.2. The van der Waals surface area contributed by atoms with E-state index in [1.165, 1.54) is 0 Å². The van der Waals surface area contributed by atoms with Crippen molar-refractivity contribution in [2.24, 2.45) is 0 Å². The van der Waals surface area contributed by atoms with E-state index in [9.17, 15) is 4.79 Å². The smallest absolute Gasteiger partial charge is 0.319 e. The number of nitrogens with zero attached hydrogens (tertiary/aromatic N) is 4. The Kier molecular flexibility index (Phi) is 4.55. The number of urea groups is 1. The molecule has 2 aromatic heterocycles. The van der Waals surface area contributed by atoms with E-state index < -0.39 is 0 Å². The third kappa shape index (κ3) is 3.97. The summed E-state index contributed by atoms with van der Waals surface area (Å²) in [6, 6.07) is 9.06. The molecule has 0 spiro atoms. The summed E-state index contributed by atoms with van der Waals surface area (Å²) in [6.07, 6.45) is 4.04. The van der Waals surface area contributed by atoms with E-state index in [0.717, 1.165) is 17.1 Å². The summed E-state index contributed by atoms with van der Waals surface area (Å²) in [4.78, 5) is 12.1. The lowest BCUT2D eigenvalue weighted by atomic mass is 10.2. The molecule has 0 saturated heterocycles. The van der Waals surface area contributed by atoms with Crippen molar-refractivity contribution in [1.82, 2.24) is 30.5 Å². The molecule has 0 aliphatic carbocycles. The number of hydrogen-bond donors (Lipinski definition) is 3. The largest absolute Gasteiger partial charge is 0.335 e. The molecule has 1 aromatic carbocycles. The van der Waals surface area contributed by atoms with Gasteiger partial charge in [0.2, 0.25) is 0 Å². The number of amides is 2. The molecule has 0 fully saturated rings. The van der Waals surface area contributed by atoms with Crippen molar-refractivity contribution in [3.63, 3.8) is 0 Å². The number of aromatic nitrogens is 5. The van der Waals surface area contributed by atoms with Gasteiger partial charge >= 0.3 is 6.03 Å². The second-order valence-electron chi connectivity index (χ2n) is 5.64. The van der Waals surface area contributed by atoms with Crippen LogP contribution in [-0.4, -0.2) is 37.3 Å². The maximum Gasteiger partial charge on any atom is 0.319 e. The molecular formula is C16H19N7O. The van der Waals surface area contributed by atoms with Gasteiger partial charge in [-0.1, -0.05) is 5.21 Å². The first kappa shape index (κ1) is 15.7. The lowest BCUT2D eigenvalue weighted by Crippen LogP contribution is -2.37. The van der Waals surface area contributed by atoms with E-state index in [1.807, 2.05) is 44.2 Å². The predicted molar refractivity (Wildman–Crippen MR) is 90.0 cm³/mol. The van der Waals surface area contributed by atoms with E-state index >= 15 is 0 Å². The van der Waals surface area contributed by atoms with Crippen LogP contribution in [-0.2, 0) is 6.42 Å². The summed E-state index contributed by atoms with van der Waals surface area (Å²) in [5.74, 6) is 0. The molecule has 3 aromatic rings. The topological polar surface area (TPSA) is 101 Å². The van der Waals surface area contributed by atoms with Gasteiger partial charge in [-0.15, -0.1) is 5.10 Å². The lowest BCUT2D eigenvalue weighted by Gasteiger charge is -2.13. The molecule has 24 heavy (non-hydrogen) atoms. The average molecular weight is 325 g/mol. The van der Waals surface area contributed by atoms with Gasteiger partial charge in [0.15, 0.2) is 0 Å². The molecule has 3 N–H and O–H groups in total. The lowest BCUT2D eigenvalue weighted by molar-refractivity contribution is 0.249. The number of anilines is 1. The zero-order valence-electron chi connectivity index (χ0n) is 13.5. The number of H-pyrrole nitrogens is 1. The Balaban J connectivity index is 1.52. The fourth-order valence-corrected chi connectivity index (χ4v) is 2.38. The standard InChI is InChI=1S/C16H19N7O/c1-11(9-14-10-12(2)20-21-14)18-16(24)19-13-3-5-15(6-4-13)23-8-7-17-22-23/h3-8,10-11H,9H2,1-2H3,(H,20,21)(H2,18,19,24)/t11-/m0/s1. The predicted octanol–water partition coefficient (Wildman–Crippen LogP) is 2.05. The zero-order valence-corrected chi connectivity index (χ0v) is 13.5. The molecule has 8 heteroatoms. The van der Waals surface area contributed by atoms with Crippen molar-refractivity contribution in [3.8, 4) is 5.69 Å². The molecule has 8 nitrogen and oxygen atoms in total. The first-order valence-electron chi connectivity index (χ1n) is 7.65. The van der Waals surface area contributed by atoms with Gasteiger partial charge in [-0.05, 0) is 44.2 Å². The van der Waals surface area contributed by atoms with Crippen LogP contribution in [0.2, 0.25) is 0 Å². The molecule has 0 saturated carbocycles. The fraction of sp³-hybridized carbons (Fsp3) is 0.250. The van der Waals surface area contributed by atoms with Crippen LogP contribution in [0.1, 0.15) is 18.3 Å². The molecule has 0 aliphatic heterocycles. The first-order chi connectivity index (χ1) is 11.6. The van der Waals surface area contributed by atoms with Crippen molar-refractivity contribution in [2.45, 2.75) is 26.3 Å². The maximum atomic E-state index is 12.1. The summed E-state index contributed by atoms with van der Waals surface area (Å²) < 4.78 is 1.65. The van der Waals surface area contributed by atoms with Crippen LogP contribution in [0.3, 0.4) is 0 Å². The molecular weight excluding hydrogens is 306 g/mol. The van der Waals surface area contributed by atoms with Crippen LogP contribution >= 0.6 is 0 Å². The fourth-order valence-electron chi connectivity index (χ4n) is 2.38. The zero-order chi connectivity index (χ0) is 16.9. The van der Waals surface area contributed by atoms with Crippen LogP contribution in [0, 0.1) is 6.92 Å². The van der Waals surface area contributed by atoms with Crippen molar-refractivity contribution >= 4 is 11.7 Å². The summed E-state index contributed by atoms with van der Waals surface area (Å²) in [6.45, 7) is 3.89. The molecule has 0 radical (unpaired) electrons. The number of rotatable bonds is 5. The van der Waals surface area contributed by atoms with E-state index in [-0.39, 0.29) is 12.1 Å². The Labute approximate surface area is 139 Å². The average Bonchev–Trinajstić information content (AvgIpc) is 3.20. The van der Waals surface area contributed by atoms with E-state index in [1.54, 1.807) is 17.1 Å². The van der Waals surface area contributed by atoms with Gasteiger partial charge in [0.05, 0.1) is 23.8 Å². The third-order valence-electron chi connectivity index (χ3n) is 3.46. The van der Waals surface area contributed by atoms with Crippen LogP contribution in [0.5, 0.6) is 0 Å².